The molecule has 0 aromatic heterocycles. The molecule has 0 aliphatic rings. The molecule has 0 aromatic rings. The van der Waals surface area contributed by atoms with Crippen LogP contribution in [0.15, 0.2) is 0 Å². The molecule has 0 rings (SSSR count). The average molecular weight is 161 g/mol. The normalized spacial score (nSPS) is 12.7. The van der Waals surface area contributed by atoms with E-state index in [1.165, 1.54) is 0 Å². The van der Waals surface area contributed by atoms with Gasteiger partial charge in [0.05, 0.1) is 5.75 Å². The summed E-state index contributed by atoms with van der Waals surface area (Å²) in [7, 11) is 0. The van der Waals surface area contributed by atoms with Crippen molar-refractivity contribution in [3.8, 4) is 0 Å². The van der Waals surface area contributed by atoms with E-state index in [1.807, 2.05) is 6.92 Å². The molecule has 60 valence electrons. The number of carbonyl (C=O) groups excluding carboxylic acids is 1. The lowest BCUT2D eigenvalue weighted by Crippen LogP contribution is -2.33. The minimum Gasteiger partial charge on any atom is -0.353 e. The summed E-state index contributed by atoms with van der Waals surface area (Å²) in [6, 6.07) is 0.296. The van der Waals surface area contributed by atoms with Crippen molar-refractivity contribution in [1.29, 1.82) is 0 Å². The minimum absolute atomic E-state index is 0.0179. The van der Waals surface area contributed by atoms with Gasteiger partial charge in [0.1, 0.15) is 0 Å². The minimum atomic E-state index is 0.0179. The molecule has 0 heterocycles. The van der Waals surface area contributed by atoms with Crippen molar-refractivity contribution in [3.05, 3.63) is 0 Å². The van der Waals surface area contributed by atoms with Crippen molar-refractivity contribution in [2.45, 2.75) is 32.7 Å². The van der Waals surface area contributed by atoms with Gasteiger partial charge in [-0.2, -0.15) is 12.6 Å². The lowest BCUT2D eigenvalue weighted by molar-refractivity contribution is -0.119. The third-order valence-electron chi connectivity index (χ3n) is 1.27. The zero-order valence-corrected chi connectivity index (χ0v) is 7.45. The maximum Gasteiger partial charge on any atom is 0.229 e. The fraction of sp³-hybridized carbons (Fsp3) is 0.857. The Morgan fingerprint density at radius 2 is 2.30 bits per heavy atom. The van der Waals surface area contributed by atoms with Gasteiger partial charge >= 0.3 is 0 Å². The fourth-order valence-electron chi connectivity index (χ4n) is 0.826. The summed E-state index contributed by atoms with van der Waals surface area (Å²) in [6.45, 7) is 4.11. The predicted octanol–water partition coefficient (Wildman–Crippen LogP) is 1.22. The van der Waals surface area contributed by atoms with Crippen LogP contribution in [-0.4, -0.2) is 17.7 Å². The van der Waals surface area contributed by atoms with Crippen molar-refractivity contribution in [3.63, 3.8) is 0 Å². The molecule has 1 unspecified atom stereocenters. The van der Waals surface area contributed by atoms with E-state index in [2.05, 4.69) is 24.9 Å². The molecule has 2 nitrogen and oxygen atoms in total. The van der Waals surface area contributed by atoms with E-state index in [0.717, 1.165) is 12.8 Å². The van der Waals surface area contributed by atoms with Crippen molar-refractivity contribution in [1.82, 2.24) is 5.32 Å². The smallest absolute Gasteiger partial charge is 0.229 e. The highest BCUT2D eigenvalue weighted by Crippen LogP contribution is 1.94. The van der Waals surface area contributed by atoms with Crippen LogP contribution in [0.1, 0.15) is 26.7 Å². The van der Waals surface area contributed by atoms with Crippen LogP contribution in [0.25, 0.3) is 0 Å². The second-order valence-corrected chi connectivity index (χ2v) is 2.73. The first-order valence-electron chi connectivity index (χ1n) is 3.61. The van der Waals surface area contributed by atoms with Gasteiger partial charge in [-0.25, -0.2) is 0 Å². The lowest BCUT2D eigenvalue weighted by atomic mass is 10.2. The molecule has 0 radical (unpaired) electrons. The highest BCUT2D eigenvalue weighted by atomic mass is 32.1. The van der Waals surface area contributed by atoms with Crippen LogP contribution in [-0.2, 0) is 4.79 Å². The number of hydrogen-bond donors (Lipinski definition) is 2. The molecular weight excluding hydrogens is 146 g/mol. The summed E-state index contributed by atoms with van der Waals surface area (Å²) < 4.78 is 0. The summed E-state index contributed by atoms with van der Waals surface area (Å²) in [4.78, 5) is 10.7. The molecule has 0 aliphatic heterocycles. The Bertz CT molecular complexity index is 106. The standard InChI is InChI=1S/C7H15NOS/c1-3-4-6(2)8-7(9)5-10/h6,10H,3-5H2,1-2H3,(H,8,9). The van der Waals surface area contributed by atoms with E-state index in [-0.39, 0.29) is 11.7 Å². The van der Waals surface area contributed by atoms with Crippen LogP contribution in [0, 0.1) is 0 Å². The molecular formula is C7H15NOS. The Balaban J connectivity index is 3.37. The predicted molar refractivity (Wildman–Crippen MR) is 46.4 cm³/mol. The number of rotatable bonds is 4. The summed E-state index contributed by atoms with van der Waals surface area (Å²) in [5, 5.41) is 2.82. The van der Waals surface area contributed by atoms with Gasteiger partial charge in [0.15, 0.2) is 0 Å². The first-order valence-corrected chi connectivity index (χ1v) is 4.24. The monoisotopic (exact) mass is 161 g/mol. The number of hydrogen-bond acceptors (Lipinski definition) is 2. The molecule has 0 bridgehead atoms. The Morgan fingerprint density at radius 1 is 1.70 bits per heavy atom. The fourth-order valence-corrected chi connectivity index (χ4v) is 0.917. The molecule has 1 amide bonds. The first-order chi connectivity index (χ1) is 4.70. The van der Waals surface area contributed by atoms with E-state index >= 15 is 0 Å². The Morgan fingerprint density at radius 3 is 2.70 bits per heavy atom. The molecule has 0 aliphatic carbocycles. The van der Waals surface area contributed by atoms with Crippen molar-refractivity contribution in [2.75, 3.05) is 5.75 Å². The second kappa shape index (κ2) is 5.59. The average Bonchev–Trinajstić information content (AvgIpc) is 1.88. The molecule has 1 atom stereocenters. The molecule has 0 saturated heterocycles. The third-order valence-corrected chi connectivity index (χ3v) is 1.56. The van der Waals surface area contributed by atoms with Crippen LogP contribution < -0.4 is 5.32 Å². The number of carbonyl (C=O) groups is 1. The van der Waals surface area contributed by atoms with Gasteiger partial charge in [-0.05, 0) is 13.3 Å². The van der Waals surface area contributed by atoms with Crippen molar-refractivity contribution < 1.29 is 4.79 Å². The maximum absolute atomic E-state index is 10.7. The van der Waals surface area contributed by atoms with Gasteiger partial charge in [-0.1, -0.05) is 13.3 Å². The Labute approximate surface area is 67.8 Å². The van der Waals surface area contributed by atoms with Gasteiger partial charge in [-0.3, -0.25) is 4.79 Å². The third kappa shape index (κ3) is 4.68. The topological polar surface area (TPSA) is 29.1 Å². The first kappa shape index (κ1) is 9.82. The van der Waals surface area contributed by atoms with Crippen molar-refractivity contribution in [2.24, 2.45) is 0 Å². The molecule has 0 spiro atoms. The summed E-state index contributed by atoms with van der Waals surface area (Å²) >= 11 is 3.85. The Kier molecular flexibility index (Phi) is 5.49. The summed E-state index contributed by atoms with van der Waals surface area (Å²) in [5.41, 5.74) is 0. The van der Waals surface area contributed by atoms with Gasteiger partial charge < -0.3 is 5.32 Å². The molecule has 10 heavy (non-hydrogen) atoms. The van der Waals surface area contributed by atoms with Gasteiger partial charge in [0.2, 0.25) is 5.91 Å². The van der Waals surface area contributed by atoms with Crippen LogP contribution in [0.2, 0.25) is 0 Å². The zero-order valence-electron chi connectivity index (χ0n) is 6.55. The van der Waals surface area contributed by atoms with Crippen LogP contribution in [0.3, 0.4) is 0 Å². The van der Waals surface area contributed by atoms with E-state index < -0.39 is 0 Å². The highest BCUT2D eigenvalue weighted by Gasteiger charge is 2.02. The number of nitrogens with one attached hydrogen (secondary N) is 1. The number of thiol groups is 1. The summed E-state index contributed by atoms with van der Waals surface area (Å²) in [5.74, 6) is 0.304. The molecule has 0 aromatic carbocycles. The van der Waals surface area contributed by atoms with Gasteiger partial charge in [0, 0.05) is 6.04 Å². The molecule has 0 fully saturated rings. The van der Waals surface area contributed by atoms with E-state index in [4.69, 9.17) is 0 Å². The van der Waals surface area contributed by atoms with E-state index in [1.54, 1.807) is 0 Å². The maximum atomic E-state index is 10.7. The van der Waals surface area contributed by atoms with Crippen LogP contribution >= 0.6 is 12.6 Å². The van der Waals surface area contributed by atoms with Crippen molar-refractivity contribution >= 4 is 18.5 Å². The van der Waals surface area contributed by atoms with E-state index in [9.17, 15) is 4.79 Å². The van der Waals surface area contributed by atoms with Gasteiger partial charge in [0.25, 0.3) is 0 Å². The van der Waals surface area contributed by atoms with E-state index in [0.29, 0.717) is 6.04 Å². The van der Waals surface area contributed by atoms with Crippen LogP contribution in [0.4, 0.5) is 0 Å². The van der Waals surface area contributed by atoms with Gasteiger partial charge in [-0.15, -0.1) is 0 Å². The molecule has 3 heteroatoms. The quantitative estimate of drug-likeness (QED) is 0.596. The Hall–Kier alpha value is -0.180. The highest BCUT2D eigenvalue weighted by molar-refractivity contribution is 7.81. The largest absolute Gasteiger partial charge is 0.353 e. The zero-order chi connectivity index (χ0) is 7.98. The molecule has 1 N–H and O–H groups in total. The van der Waals surface area contributed by atoms with Crippen LogP contribution in [0.5, 0.6) is 0 Å². The SMILES string of the molecule is CCCC(C)NC(=O)CS. The lowest BCUT2D eigenvalue weighted by Gasteiger charge is -2.10. The summed E-state index contributed by atoms with van der Waals surface area (Å²) in [6.07, 6.45) is 2.15. The second-order valence-electron chi connectivity index (χ2n) is 2.42. The molecule has 0 saturated carbocycles. The number of amides is 1.